The van der Waals surface area contributed by atoms with Gasteiger partial charge >= 0.3 is 0 Å². The zero-order valence-electron chi connectivity index (χ0n) is 39.0. The van der Waals surface area contributed by atoms with Gasteiger partial charge in [0.05, 0.1) is 29.4 Å². The Kier molecular flexibility index (Phi) is 10.2. The second-order valence-corrected chi connectivity index (χ2v) is 18.3. The molecule has 0 spiro atoms. The SMILES string of the molecule is [C-]#[N+]c1cc(C#N)cc(N(c2cccc(-n3c4ccc(-c5ccccc5)cc4c4cc(-c5ccccc5)ccc43)c2)c2c3ccccc3c(-c3ccc(-c4cccc5ccccc45)cc3)c3ccccc23)c1. The fourth-order valence-electron chi connectivity index (χ4n) is 10.9. The maximum Gasteiger partial charge on any atom is 0.190 e. The van der Waals surface area contributed by atoms with E-state index in [1.165, 1.54) is 27.5 Å². The molecule has 334 valence electrons. The predicted molar refractivity (Wildman–Crippen MR) is 301 cm³/mol. The Bertz CT molecular complexity index is 4150. The van der Waals surface area contributed by atoms with Crippen molar-refractivity contribution in [3.05, 3.63) is 272 Å². The smallest absolute Gasteiger partial charge is 0.190 e. The lowest BCUT2D eigenvalue weighted by atomic mass is 9.89. The third-order valence-corrected chi connectivity index (χ3v) is 14.1. The van der Waals surface area contributed by atoms with Gasteiger partial charge in [-0.25, -0.2) is 4.85 Å². The van der Waals surface area contributed by atoms with E-state index in [0.29, 0.717) is 11.3 Å². The van der Waals surface area contributed by atoms with Crippen LogP contribution in [0.3, 0.4) is 0 Å². The molecule has 0 N–H and O–H groups in total. The highest BCUT2D eigenvalue weighted by molar-refractivity contribution is 6.22. The topological polar surface area (TPSA) is 36.3 Å². The third kappa shape index (κ3) is 7.14. The highest BCUT2D eigenvalue weighted by Gasteiger charge is 2.24. The van der Waals surface area contributed by atoms with E-state index >= 15 is 0 Å². The molecule has 13 rings (SSSR count). The van der Waals surface area contributed by atoms with Crippen molar-refractivity contribution in [3.8, 4) is 56.3 Å². The van der Waals surface area contributed by atoms with Crippen LogP contribution >= 0.6 is 0 Å². The van der Waals surface area contributed by atoms with E-state index in [0.717, 1.165) is 93.9 Å². The second-order valence-electron chi connectivity index (χ2n) is 18.3. The van der Waals surface area contributed by atoms with Crippen LogP contribution in [0.1, 0.15) is 5.56 Å². The lowest BCUT2D eigenvalue weighted by Gasteiger charge is -2.30. The zero-order chi connectivity index (χ0) is 48.1. The molecule has 0 bridgehead atoms. The lowest BCUT2D eigenvalue weighted by Crippen LogP contribution is -2.12. The Labute approximate surface area is 417 Å². The van der Waals surface area contributed by atoms with Gasteiger partial charge in [-0.2, -0.15) is 5.26 Å². The molecule has 0 aliphatic rings. The van der Waals surface area contributed by atoms with Crippen molar-refractivity contribution in [1.29, 1.82) is 5.26 Å². The van der Waals surface area contributed by atoms with E-state index in [1.807, 2.05) is 12.1 Å². The number of fused-ring (bicyclic) bond motifs is 6. The molecule has 0 atom stereocenters. The summed E-state index contributed by atoms with van der Waals surface area (Å²) in [7, 11) is 0. The van der Waals surface area contributed by atoms with Crippen LogP contribution in [-0.4, -0.2) is 4.57 Å². The number of aromatic nitrogens is 1. The first-order valence-electron chi connectivity index (χ1n) is 24.2. The fourth-order valence-corrected chi connectivity index (χ4v) is 10.9. The summed E-state index contributed by atoms with van der Waals surface area (Å²) < 4.78 is 2.37. The normalized spacial score (nSPS) is 11.3. The molecule has 1 aromatic heterocycles. The van der Waals surface area contributed by atoms with Gasteiger partial charge in [-0.3, -0.25) is 0 Å². The van der Waals surface area contributed by atoms with E-state index in [1.54, 1.807) is 6.07 Å². The summed E-state index contributed by atoms with van der Waals surface area (Å²) in [6.45, 7) is 8.17. The third-order valence-electron chi connectivity index (χ3n) is 14.1. The van der Waals surface area contributed by atoms with E-state index < -0.39 is 0 Å². The van der Waals surface area contributed by atoms with E-state index in [2.05, 4.69) is 257 Å². The maximum absolute atomic E-state index is 10.4. The van der Waals surface area contributed by atoms with E-state index in [4.69, 9.17) is 6.57 Å². The minimum Gasteiger partial charge on any atom is -0.310 e. The number of hydrogen-bond donors (Lipinski definition) is 0. The molecule has 12 aromatic carbocycles. The van der Waals surface area contributed by atoms with Crippen LogP contribution in [0.5, 0.6) is 0 Å². The van der Waals surface area contributed by atoms with Gasteiger partial charge in [0.15, 0.2) is 5.69 Å². The minimum absolute atomic E-state index is 0.396. The Morgan fingerprint density at radius 3 is 1.53 bits per heavy atom. The summed E-state index contributed by atoms with van der Waals surface area (Å²) in [5, 5.41) is 19.5. The molecule has 4 nitrogen and oxygen atoms in total. The zero-order valence-corrected chi connectivity index (χ0v) is 39.0. The molecule has 0 unspecified atom stereocenters. The van der Waals surface area contributed by atoms with Crippen molar-refractivity contribution in [2.45, 2.75) is 0 Å². The molecule has 1 heterocycles. The first kappa shape index (κ1) is 42.1. The molecule has 0 aliphatic carbocycles. The summed E-state index contributed by atoms with van der Waals surface area (Å²) >= 11 is 0. The Morgan fingerprint density at radius 2 is 0.917 bits per heavy atom. The average molecular weight is 915 g/mol. The van der Waals surface area contributed by atoms with E-state index in [9.17, 15) is 5.26 Å². The van der Waals surface area contributed by atoms with Crippen LogP contribution in [0.2, 0.25) is 0 Å². The molecule has 0 amide bonds. The molecule has 13 aromatic rings. The molecule has 0 saturated heterocycles. The highest BCUT2D eigenvalue weighted by atomic mass is 15.1. The summed E-state index contributed by atoms with van der Waals surface area (Å²) in [5.74, 6) is 0. The van der Waals surface area contributed by atoms with Gasteiger partial charge < -0.3 is 9.47 Å². The molecule has 0 saturated carbocycles. The summed E-state index contributed by atoms with van der Waals surface area (Å²) in [4.78, 5) is 6.14. The van der Waals surface area contributed by atoms with Gasteiger partial charge in [0, 0.05) is 44.2 Å². The molecule has 72 heavy (non-hydrogen) atoms. The van der Waals surface area contributed by atoms with Crippen molar-refractivity contribution in [1.82, 2.24) is 4.57 Å². The van der Waals surface area contributed by atoms with Crippen LogP contribution in [0.25, 0.3) is 109 Å². The van der Waals surface area contributed by atoms with Crippen molar-refractivity contribution >= 4 is 76.9 Å². The quantitative estimate of drug-likeness (QED) is 0.112. The molecule has 0 fully saturated rings. The number of benzene rings is 12. The number of nitriles is 1. The van der Waals surface area contributed by atoms with Crippen LogP contribution in [-0.2, 0) is 0 Å². The molecular weight excluding hydrogens is 873 g/mol. The summed E-state index contributed by atoms with van der Waals surface area (Å²) in [6.07, 6.45) is 0. The Morgan fingerprint density at radius 1 is 0.389 bits per heavy atom. The van der Waals surface area contributed by atoms with Crippen molar-refractivity contribution in [2.75, 3.05) is 4.90 Å². The maximum atomic E-state index is 10.4. The van der Waals surface area contributed by atoms with Gasteiger partial charge in [0.25, 0.3) is 0 Å². The second kappa shape index (κ2) is 17.5. The van der Waals surface area contributed by atoms with Crippen LogP contribution < -0.4 is 4.90 Å². The monoisotopic (exact) mass is 914 g/mol. The fraction of sp³-hybridized carbons (Fsp3) is 0. The Balaban J connectivity index is 1.04. The Hall–Kier alpha value is -10.0. The van der Waals surface area contributed by atoms with E-state index in [-0.39, 0.29) is 0 Å². The van der Waals surface area contributed by atoms with Crippen LogP contribution in [0.4, 0.5) is 22.7 Å². The first-order valence-corrected chi connectivity index (χ1v) is 24.2. The van der Waals surface area contributed by atoms with Crippen molar-refractivity contribution in [3.63, 3.8) is 0 Å². The number of rotatable bonds is 8. The number of hydrogen-bond acceptors (Lipinski definition) is 2. The molecule has 4 heteroatoms. The van der Waals surface area contributed by atoms with Crippen LogP contribution in [0, 0.1) is 17.9 Å². The largest absolute Gasteiger partial charge is 0.310 e. The van der Waals surface area contributed by atoms with Crippen molar-refractivity contribution in [2.24, 2.45) is 0 Å². The van der Waals surface area contributed by atoms with Gasteiger partial charge in [-0.15, -0.1) is 0 Å². The standard InChI is InChI=1S/C68H42N4/c1-70-53-38-45(44-69)39-56(42-53)71(68-61-27-12-10-25-59(61)67(60-26-11-13-28-62(60)68)50-32-30-49(31-33-50)58-29-14-21-48-20-8-9-24-57(48)58)54-22-15-23-55(43-54)72-65-36-34-51(46-16-4-2-5-17-46)40-63(65)64-41-52(35-37-66(64)72)47-18-6-3-7-19-47/h2-43H. The van der Waals surface area contributed by atoms with Crippen LogP contribution in [0.15, 0.2) is 255 Å². The summed E-state index contributed by atoms with van der Waals surface area (Å²) in [5.41, 5.74) is 15.8. The predicted octanol–water partition coefficient (Wildman–Crippen LogP) is 18.8. The first-order chi connectivity index (χ1) is 35.6. The van der Waals surface area contributed by atoms with Crippen molar-refractivity contribution < 1.29 is 0 Å². The highest BCUT2D eigenvalue weighted by Crippen LogP contribution is 2.49. The molecule has 0 radical (unpaired) electrons. The van der Waals surface area contributed by atoms with Gasteiger partial charge in [0.1, 0.15) is 0 Å². The van der Waals surface area contributed by atoms with Gasteiger partial charge in [-0.1, -0.05) is 194 Å². The summed E-state index contributed by atoms with van der Waals surface area (Å²) in [6, 6.07) is 92.5. The molecule has 0 aliphatic heterocycles. The molecular formula is C68H42N4. The minimum atomic E-state index is 0.396. The average Bonchev–Trinajstić information content (AvgIpc) is 3.78. The van der Waals surface area contributed by atoms with Gasteiger partial charge in [0.2, 0.25) is 0 Å². The lowest BCUT2D eigenvalue weighted by molar-refractivity contribution is 1.17. The number of anilines is 3. The van der Waals surface area contributed by atoms with Gasteiger partial charge in [-0.05, 0) is 127 Å². The number of nitrogens with zero attached hydrogens (tertiary/aromatic N) is 4.